The normalized spacial score (nSPS) is 10.7. The standard InChI is InChI=1S/C21H22N2O4/c1-3-15-8-6-7-14(2)21(15)23-18(24)13-26-20(25)12-11-19-22-16-9-4-5-10-17(16)27-19/h4-10H,3,11-13H2,1-2H3,(H,23,24). The van der Waals surface area contributed by atoms with Crippen LogP contribution >= 0.6 is 0 Å². The first-order valence-corrected chi connectivity index (χ1v) is 8.95. The molecule has 3 rings (SSSR count). The lowest BCUT2D eigenvalue weighted by atomic mass is 10.1. The second-order valence-electron chi connectivity index (χ2n) is 6.25. The Bertz CT molecular complexity index is 929. The first-order chi connectivity index (χ1) is 13.1. The van der Waals surface area contributed by atoms with Crippen molar-refractivity contribution < 1.29 is 18.7 Å². The van der Waals surface area contributed by atoms with Gasteiger partial charge in [0.1, 0.15) is 5.52 Å². The monoisotopic (exact) mass is 366 g/mol. The van der Waals surface area contributed by atoms with Crippen LogP contribution in [-0.2, 0) is 27.2 Å². The predicted molar refractivity (Wildman–Crippen MR) is 102 cm³/mol. The van der Waals surface area contributed by atoms with Gasteiger partial charge in [0.2, 0.25) is 0 Å². The molecule has 140 valence electrons. The number of hydrogen-bond donors (Lipinski definition) is 1. The number of hydrogen-bond acceptors (Lipinski definition) is 5. The smallest absolute Gasteiger partial charge is 0.306 e. The fraction of sp³-hybridized carbons (Fsp3) is 0.286. The minimum absolute atomic E-state index is 0.102. The number of oxazole rings is 1. The topological polar surface area (TPSA) is 81.4 Å². The summed E-state index contributed by atoms with van der Waals surface area (Å²) in [6, 6.07) is 13.3. The van der Waals surface area contributed by atoms with Crippen molar-refractivity contribution in [1.29, 1.82) is 0 Å². The summed E-state index contributed by atoms with van der Waals surface area (Å²) in [5.74, 6) is -0.341. The fourth-order valence-electron chi connectivity index (χ4n) is 2.83. The lowest BCUT2D eigenvalue weighted by Crippen LogP contribution is -2.22. The quantitative estimate of drug-likeness (QED) is 0.643. The summed E-state index contributed by atoms with van der Waals surface area (Å²) in [6.45, 7) is 3.64. The Balaban J connectivity index is 1.48. The number of benzene rings is 2. The van der Waals surface area contributed by atoms with Gasteiger partial charge in [-0.15, -0.1) is 0 Å². The number of carbonyl (C=O) groups is 2. The summed E-state index contributed by atoms with van der Waals surface area (Å²) in [4.78, 5) is 28.3. The Morgan fingerprint density at radius 2 is 1.96 bits per heavy atom. The number of carbonyl (C=O) groups excluding carboxylic acids is 2. The van der Waals surface area contributed by atoms with Crippen molar-refractivity contribution in [3.63, 3.8) is 0 Å². The van der Waals surface area contributed by atoms with Gasteiger partial charge in [0.05, 0.1) is 6.42 Å². The molecule has 0 fully saturated rings. The van der Waals surface area contributed by atoms with Crippen molar-refractivity contribution in [2.45, 2.75) is 33.1 Å². The van der Waals surface area contributed by atoms with Crippen LogP contribution in [0.25, 0.3) is 11.1 Å². The number of aryl methyl sites for hydroxylation is 3. The number of aromatic nitrogens is 1. The van der Waals surface area contributed by atoms with Crippen molar-refractivity contribution in [1.82, 2.24) is 4.98 Å². The van der Waals surface area contributed by atoms with E-state index in [1.54, 1.807) is 0 Å². The van der Waals surface area contributed by atoms with Gasteiger partial charge in [-0.3, -0.25) is 9.59 Å². The van der Waals surface area contributed by atoms with Crippen molar-refractivity contribution in [3.05, 3.63) is 59.5 Å². The van der Waals surface area contributed by atoms with Gasteiger partial charge in [-0.05, 0) is 36.6 Å². The van der Waals surface area contributed by atoms with E-state index in [-0.39, 0.29) is 18.9 Å². The first kappa shape index (κ1) is 18.6. The van der Waals surface area contributed by atoms with Crippen LogP contribution in [0.3, 0.4) is 0 Å². The molecule has 6 heteroatoms. The summed E-state index contributed by atoms with van der Waals surface area (Å²) >= 11 is 0. The zero-order chi connectivity index (χ0) is 19.2. The third-order valence-electron chi connectivity index (χ3n) is 4.25. The van der Waals surface area contributed by atoms with Crippen LogP contribution in [-0.4, -0.2) is 23.5 Å². The summed E-state index contributed by atoms with van der Waals surface area (Å²) in [6.07, 6.45) is 1.24. The summed E-state index contributed by atoms with van der Waals surface area (Å²) < 4.78 is 10.6. The number of para-hydroxylation sites is 3. The molecule has 1 amide bonds. The third kappa shape index (κ3) is 4.73. The van der Waals surface area contributed by atoms with Crippen LogP contribution < -0.4 is 5.32 Å². The van der Waals surface area contributed by atoms with Crippen LogP contribution in [0.1, 0.15) is 30.4 Å². The maximum atomic E-state index is 12.1. The van der Waals surface area contributed by atoms with Gasteiger partial charge in [0.15, 0.2) is 18.1 Å². The number of nitrogens with one attached hydrogen (secondary N) is 1. The summed E-state index contributed by atoms with van der Waals surface area (Å²) in [5.41, 5.74) is 4.25. The average molecular weight is 366 g/mol. The van der Waals surface area contributed by atoms with Gasteiger partial charge in [0, 0.05) is 12.1 Å². The number of nitrogens with zero attached hydrogens (tertiary/aromatic N) is 1. The van der Waals surface area contributed by atoms with E-state index in [0.717, 1.165) is 28.8 Å². The average Bonchev–Trinajstić information content (AvgIpc) is 3.09. The SMILES string of the molecule is CCc1cccc(C)c1NC(=O)COC(=O)CCc1nc2ccccc2o1. The highest BCUT2D eigenvalue weighted by atomic mass is 16.5. The van der Waals surface area contributed by atoms with Crippen molar-refractivity contribution in [3.8, 4) is 0 Å². The van der Waals surface area contributed by atoms with Crippen LogP contribution in [0, 0.1) is 6.92 Å². The fourth-order valence-corrected chi connectivity index (χ4v) is 2.83. The van der Waals surface area contributed by atoms with Crippen molar-refractivity contribution >= 4 is 28.7 Å². The van der Waals surface area contributed by atoms with Crippen LogP contribution in [0.2, 0.25) is 0 Å². The molecule has 0 bridgehead atoms. The zero-order valence-corrected chi connectivity index (χ0v) is 15.5. The Kier molecular flexibility index (Phi) is 5.86. The Morgan fingerprint density at radius 1 is 1.15 bits per heavy atom. The van der Waals surface area contributed by atoms with E-state index < -0.39 is 5.97 Å². The molecule has 0 saturated carbocycles. The van der Waals surface area contributed by atoms with E-state index in [4.69, 9.17) is 9.15 Å². The molecule has 0 aliphatic heterocycles. The van der Waals surface area contributed by atoms with Gasteiger partial charge in [-0.25, -0.2) is 4.98 Å². The van der Waals surface area contributed by atoms with Crippen LogP contribution in [0.4, 0.5) is 5.69 Å². The molecule has 1 aromatic heterocycles. The lowest BCUT2D eigenvalue weighted by Gasteiger charge is -2.13. The van der Waals surface area contributed by atoms with Crippen molar-refractivity contribution in [2.24, 2.45) is 0 Å². The Morgan fingerprint density at radius 3 is 2.74 bits per heavy atom. The molecule has 1 heterocycles. The van der Waals surface area contributed by atoms with E-state index in [0.29, 0.717) is 17.9 Å². The summed E-state index contributed by atoms with van der Waals surface area (Å²) in [7, 11) is 0. The number of ether oxygens (including phenoxy) is 1. The Hall–Kier alpha value is -3.15. The van der Waals surface area contributed by atoms with E-state index >= 15 is 0 Å². The first-order valence-electron chi connectivity index (χ1n) is 8.95. The largest absolute Gasteiger partial charge is 0.456 e. The molecule has 1 N–H and O–H groups in total. The molecule has 6 nitrogen and oxygen atoms in total. The molecule has 27 heavy (non-hydrogen) atoms. The second kappa shape index (κ2) is 8.49. The molecule has 0 unspecified atom stereocenters. The molecule has 0 atom stereocenters. The zero-order valence-electron chi connectivity index (χ0n) is 15.5. The molecule has 0 spiro atoms. The maximum absolute atomic E-state index is 12.1. The molecule has 2 aromatic carbocycles. The molecule has 0 saturated heterocycles. The number of anilines is 1. The Labute approximate surface area is 157 Å². The van der Waals surface area contributed by atoms with E-state index in [1.165, 1.54) is 0 Å². The summed E-state index contributed by atoms with van der Waals surface area (Å²) in [5, 5.41) is 2.83. The highest BCUT2D eigenvalue weighted by molar-refractivity contribution is 5.94. The van der Waals surface area contributed by atoms with Gasteiger partial charge in [-0.1, -0.05) is 37.3 Å². The van der Waals surface area contributed by atoms with Gasteiger partial charge < -0.3 is 14.5 Å². The van der Waals surface area contributed by atoms with Gasteiger partial charge in [0.25, 0.3) is 5.91 Å². The molecule has 0 radical (unpaired) electrons. The van der Waals surface area contributed by atoms with Crippen LogP contribution in [0.5, 0.6) is 0 Å². The maximum Gasteiger partial charge on any atom is 0.306 e. The number of fused-ring (bicyclic) bond motifs is 1. The molecular weight excluding hydrogens is 344 g/mol. The van der Waals surface area contributed by atoms with Gasteiger partial charge >= 0.3 is 5.97 Å². The van der Waals surface area contributed by atoms with Gasteiger partial charge in [-0.2, -0.15) is 0 Å². The van der Waals surface area contributed by atoms with E-state index in [9.17, 15) is 9.59 Å². The number of amides is 1. The number of rotatable bonds is 7. The predicted octanol–water partition coefficient (Wildman–Crippen LogP) is 3.81. The second-order valence-corrected chi connectivity index (χ2v) is 6.25. The number of esters is 1. The highest BCUT2D eigenvalue weighted by Crippen LogP contribution is 2.21. The van der Waals surface area contributed by atoms with E-state index in [2.05, 4.69) is 10.3 Å². The lowest BCUT2D eigenvalue weighted by molar-refractivity contribution is -0.147. The van der Waals surface area contributed by atoms with Crippen LogP contribution in [0.15, 0.2) is 46.9 Å². The van der Waals surface area contributed by atoms with E-state index in [1.807, 2.05) is 56.3 Å². The molecule has 0 aliphatic rings. The van der Waals surface area contributed by atoms with Crippen molar-refractivity contribution in [2.75, 3.05) is 11.9 Å². The highest BCUT2D eigenvalue weighted by Gasteiger charge is 2.13. The molecular formula is C21H22N2O4. The molecule has 0 aliphatic carbocycles. The minimum atomic E-state index is -0.465. The molecule has 3 aromatic rings. The minimum Gasteiger partial charge on any atom is -0.456 e. The third-order valence-corrected chi connectivity index (χ3v) is 4.25.